The Balaban J connectivity index is 1.30. The van der Waals surface area contributed by atoms with E-state index in [4.69, 9.17) is 23.9 Å². The Labute approximate surface area is 291 Å². The maximum Gasteiger partial charge on any atom is 0.410 e. The molecule has 0 aliphatic carbocycles. The molecule has 3 heterocycles. The topological polar surface area (TPSA) is 90.4 Å². The Morgan fingerprint density at radius 3 is 2.35 bits per heavy atom. The number of carbonyl (C=O) groups is 2. The van der Waals surface area contributed by atoms with Crippen molar-refractivity contribution in [2.24, 2.45) is 5.92 Å². The van der Waals surface area contributed by atoms with Crippen molar-refractivity contribution in [1.82, 2.24) is 9.88 Å². The van der Waals surface area contributed by atoms with E-state index in [9.17, 15) is 9.59 Å². The number of anilines is 1. The highest BCUT2D eigenvalue weighted by molar-refractivity contribution is 5.74. The molecular formula is C40H53N3O6. The van der Waals surface area contributed by atoms with Crippen LogP contribution in [0, 0.1) is 19.8 Å². The molecular weight excluding hydrogens is 618 g/mol. The molecule has 1 fully saturated rings. The van der Waals surface area contributed by atoms with Crippen LogP contribution in [0.1, 0.15) is 75.8 Å². The number of pyridine rings is 1. The van der Waals surface area contributed by atoms with Gasteiger partial charge in [0.15, 0.2) is 0 Å². The Morgan fingerprint density at radius 2 is 1.63 bits per heavy atom. The summed E-state index contributed by atoms with van der Waals surface area (Å²) in [6.07, 6.45) is 1.65. The summed E-state index contributed by atoms with van der Waals surface area (Å²) in [5.41, 5.74) is 6.69. The van der Waals surface area contributed by atoms with Gasteiger partial charge in [0.25, 0.3) is 0 Å². The summed E-state index contributed by atoms with van der Waals surface area (Å²) < 4.78 is 23.7. The molecule has 1 saturated heterocycles. The number of hydrogen-bond acceptors (Lipinski definition) is 8. The van der Waals surface area contributed by atoms with Gasteiger partial charge in [-0.2, -0.15) is 0 Å². The number of carbonyl (C=O) groups excluding carboxylic acids is 2. The third-order valence-corrected chi connectivity index (χ3v) is 9.17. The normalized spacial score (nSPS) is 18.4. The Morgan fingerprint density at radius 1 is 0.898 bits per heavy atom. The first-order valence-corrected chi connectivity index (χ1v) is 17.4. The van der Waals surface area contributed by atoms with Crippen LogP contribution in [0.5, 0.6) is 5.75 Å². The zero-order valence-corrected chi connectivity index (χ0v) is 30.7. The summed E-state index contributed by atoms with van der Waals surface area (Å²) in [7, 11) is 1.65. The minimum absolute atomic E-state index is 0.213. The van der Waals surface area contributed by atoms with Crippen LogP contribution in [-0.2, 0) is 38.5 Å². The lowest BCUT2D eigenvalue weighted by Gasteiger charge is -2.38. The molecule has 0 unspecified atom stereocenters. The minimum Gasteiger partial charge on any atom is -0.488 e. The Bertz CT molecular complexity index is 1660. The molecule has 2 atom stereocenters. The second kappa shape index (κ2) is 14.8. The lowest BCUT2D eigenvalue weighted by Crippen LogP contribution is -2.49. The fourth-order valence-electron chi connectivity index (χ4n) is 6.61. The standard InChI is InChI=1S/C40H53N3O6/c1-26-13-16-34(47-25-29-15-14-28-17-20-42(21-18-30(28)27(29)2)38(45)49-40(6,7)8)32(23-26)33-11-10-12-36(41-33)43-22-19-31(35(24-43)46-9)37(44)48-39(3,4)5/h10-16,23,31,35H,17-22,24-25H2,1-9H3/t31-,35+/m1/s1. The maximum atomic E-state index is 12.9. The van der Waals surface area contributed by atoms with Crippen molar-refractivity contribution in [3.05, 3.63) is 76.3 Å². The van der Waals surface area contributed by atoms with Gasteiger partial charge in [-0.15, -0.1) is 0 Å². The lowest BCUT2D eigenvalue weighted by atomic mass is 9.93. The van der Waals surface area contributed by atoms with Crippen LogP contribution < -0.4 is 9.64 Å². The molecule has 0 bridgehead atoms. The molecule has 49 heavy (non-hydrogen) atoms. The van der Waals surface area contributed by atoms with Crippen molar-refractivity contribution < 1.29 is 28.5 Å². The van der Waals surface area contributed by atoms with Gasteiger partial charge in [0, 0.05) is 38.9 Å². The molecule has 0 spiro atoms. The van der Waals surface area contributed by atoms with Crippen LogP contribution in [0.2, 0.25) is 0 Å². The molecule has 9 nitrogen and oxygen atoms in total. The van der Waals surface area contributed by atoms with Gasteiger partial charge in [0.2, 0.25) is 0 Å². The van der Waals surface area contributed by atoms with E-state index < -0.39 is 11.2 Å². The fourth-order valence-corrected chi connectivity index (χ4v) is 6.61. The van der Waals surface area contributed by atoms with Gasteiger partial charge in [-0.05, 0) is 121 Å². The third kappa shape index (κ3) is 9.12. The van der Waals surface area contributed by atoms with Crippen LogP contribution in [0.3, 0.4) is 0 Å². The summed E-state index contributed by atoms with van der Waals surface area (Å²) in [5, 5.41) is 0. The van der Waals surface area contributed by atoms with Gasteiger partial charge in [-0.25, -0.2) is 9.78 Å². The molecule has 2 aliphatic heterocycles. The van der Waals surface area contributed by atoms with Crippen molar-refractivity contribution in [3.63, 3.8) is 0 Å². The minimum atomic E-state index is -0.543. The van der Waals surface area contributed by atoms with Crippen LogP contribution in [0.15, 0.2) is 48.5 Å². The number of benzene rings is 2. The largest absolute Gasteiger partial charge is 0.488 e. The van der Waals surface area contributed by atoms with Crippen molar-refractivity contribution in [2.45, 2.75) is 98.6 Å². The molecule has 2 aromatic carbocycles. The summed E-state index contributed by atoms with van der Waals surface area (Å²) in [5.74, 6) is 1.06. The molecule has 3 aromatic rings. The van der Waals surface area contributed by atoms with E-state index in [1.165, 1.54) is 16.7 Å². The average molecular weight is 672 g/mol. The van der Waals surface area contributed by atoms with Gasteiger partial charge in [0.1, 0.15) is 29.4 Å². The summed E-state index contributed by atoms with van der Waals surface area (Å²) in [6, 6.07) is 16.6. The first kappa shape index (κ1) is 36.2. The highest BCUT2D eigenvalue weighted by Gasteiger charge is 2.37. The Hall–Kier alpha value is -4.11. The van der Waals surface area contributed by atoms with Crippen molar-refractivity contribution in [1.29, 1.82) is 0 Å². The van der Waals surface area contributed by atoms with Crippen LogP contribution in [-0.4, -0.2) is 72.5 Å². The highest BCUT2D eigenvalue weighted by atomic mass is 16.6. The number of esters is 1. The van der Waals surface area contributed by atoms with Gasteiger partial charge >= 0.3 is 12.1 Å². The molecule has 1 amide bonds. The molecule has 0 N–H and O–H groups in total. The van der Waals surface area contributed by atoms with E-state index in [-0.39, 0.29) is 24.1 Å². The van der Waals surface area contributed by atoms with E-state index in [1.807, 2.05) is 70.7 Å². The first-order valence-electron chi connectivity index (χ1n) is 17.4. The fraction of sp³-hybridized carbons (Fsp3) is 0.525. The maximum absolute atomic E-state index is 12.9. The van der Waals surface area contributed by atoms with Gasteiger partial charge in [-0.3, -0.25) is 4.79 Å². The quantitative estimate of drug-likeness (QED) is 0.239. The number of rotatable bonds is 7. The number of ether oxygens (including phenoxy) is 4. The summed E-state index contributed by atoms with van der Waals surface area (Å²) in [4.78, 5) is 34.8. The molecule has 0 saturated carbocycles. The van der Waals surface area contributed by atoms with Crippen LogP contribution >= 0.6 is 0 Å². The molecule has 264 valence electrons. The SMILES string of the molecule is CO[C@H]1CN(c2cccc(-c3cc(C)ccc3OCc3ccc4c(c3C)CCN(C(=O)OC(C)(C)C)CC4)n2)CC[C@H]1C(=O)OC(C)(C)C. The van der Waals surface area contributed by atoms with E-state index in [2.05, 4.69) is 43.0 Å². The first-order chi connectivity index (χ1) is 23.1. The number of aryl methyl sites for hydroxylation is 1. The average Bonchev–Trinajstić information content (AvgIpc) is 3.26. The van der Waals surface area contributed by atoms with Gasteiger partial charge < -0.3 is 28.7 Å². The van der Waals surface area contributed by atoms with E-state index in [1.54, 1.807) is 7.11 Å². The summed E-state index contributed by atoms with van der Waals surface area (Å²) >= 11 is 0. The number of piperidine rings is 1. The predicted molar refractivity (Wildman–Crippen MR) is 192 cm³/mol. The van der Waals surface area contributed by atoms with Crippen LogP contribution in [0.4, 0.5) is 10.6 Å². The smallest absolute Gasteiger partial charge is 0.410 e. The third-order valence-electron chi connectivity index (χ3n) is 9.17. The molecule has 2 aliphatic rings. The van der Waals surface area contributed by atoms with Gasteiger partial charge in [-0.1, -0.05) is 29.8 Å². The lowest BCUT2D eigenvalue weighted by molar-refractivity contribution is -0.165. The predicted octanol–water partition coefficient (Wildman–Crippen LogP) is 7.46. The zero-order chi connectivity index (χ0) is 35.5. The van der Waals surface area contributed by atoms with Crippen molar-refractivity contribution >= 4 is 17.9 Å². The number of fused-ring (bicyclic) bond motifs is 1. The summed E-state index contributed by atoms with van der Waals surface area (Å²) in [6.45, 7) is 18.5. The number of nitrogens with zero attached hydrogens (tertiary/aromatic N) is 3. The number of amides is 1. The molecule has 5 rings (SSSR count). The number of methoxy groups -OCH3 is 1. The van der Waals surface area contributed by atoms with Crippen LogP contribution in [0.25, 0.3) is 11.3 Å². The van der Waals surface area contributed by atoms with E-state index >= 15 is 0 Å². The zero-order valence-electron chi connectivity index (χ0n) is 30.7. The molecule has 0 radical (unpaired) electrons. The second-order valence-corrected chi connectivity index (χ2v) is 15.3. The van der Waals surface area contributed by atoms with E-state index in [0.717, 1.165) is 46.8 Å². The van der Waals surface area contributed by atoms with E-state index in [0.29, 0.717) is 39.2 Å². The van der Waals surface area contributed by atoms with Crippen molar-refractivity contribution in [3.8, 4) is 17.0 Å². The number of hydrogen-bond donors (Lipinski definition) is 0. The van der Waals surface area contributed by atoms with Gasteiger partial charge in [0.05, 0.1) is 17.7 Å². The monoisotopic (exact) mass is 671 g/mol. The van der Waals surface area contributed by atoms with Crippen molar-refractivity contribution in [2.75, 3.05) is 38.2 Å². The Kier molecular flexibility index (Phi) is 10.9. The molecule has 9 heteroatoms. The molecule has 1 aromatic heterocycles. The number of aromatic nitrogens is 1. The highest BCUT2D eigenvalue weighted by Crippen LogP contribution is 2.34. The second-order valence-electron chi connectivity index (χ2n) is 15.3.